The predicted octanol–water partition coefficient (Wildman–Crippen LogP) is 3.04. The standard InChI is InChI=1S/C17H16N6O/c1-3-23-10-8-14(21-23)13-7-6-12(11-19-13)24-17-20-15-5-4-9-18-16(15)22(17)2/h4-11H,3H2,1-2H3. The molecule has 4 aromatic heterocycles. The van der Waals surface area contributed by atoms with Crippen molar-refractivity contribution in [3.8, 4) is 23.1 Å². The van der Waals surface area contributed by atoms with Crippen LogP contribution in [0, 0.1) is 0 Å². The molecule has 0 aliphatic carbocycles. The maximum atomic E-state index is 5.84. The van der Waals surface area contributed by atoms with E-state index in [1.807, 2.05) is 59.7 Å². The zero-order valence-electron chi connectivity index (χ0n) is 13.4. The smallest absolute Gasteiger partial charge is 0.303 e. The Hall–Kier alpha value is -3.22. The van der Waals surface area contributed by atoms with Crippen LogP contribution >= 0.6 is 0 Å². The first-order valence-electron chi connectivity index (χ1n) is 7.70. The van der Waals surface area contributed by atoms with Gasteiger partial charge in [-0.2, -0.15) is 10.1 Å². The predicted molar refractivity (Wildman–Crippen MR) is 89.7 cm³/mol. The van der Waals surface area contributed by atoms with Gasteiger partial charge in [0.15, 0.2) is 5.65 Å². The van der Waals surface area contributed by atoms with E-state index < -0.39 is 0 Å². The molecule has 7 heteroatoms. The molecule has 0 N–H and O–H groups in total. The van der Waals surface area contributed by atoms with E-state index in [0.29, 0.717) is 11.8 Å². The number of hydrogen-bond donors (Lipinski definition) is 0. The average Bonchev–Trinajstić information content (AvgIpc) is 3.22. The molecule has 0 bridgehead atoms. The van der Waals surface area contributed by atoms with Gasteiger partial charge in [0.1, 0.15) is 17.0 Å². The van der Waals surface area contributed by atoms with E-state index in [-0.39, 0.29) is 0 Å². The maximum Gasteiger partial charge on any atom is 0.303 e. The lowest BCUT2D eigenvalue weighted by atomic mass is 10.3. The summed E-state index contributed by atoms with van der Waals surface area (Å²) in [5.74, 6) is 0.618. The highest BCUT2D eigenvalue weighted by Crippen LogP contribution is 2.24. The molecule has 0 saturated heterocycles. The summed E-state index contributed by atoms with van der Waals surface area (Å²) >= 11 is 0. The van der Waals surface area contributed by atoms with E-state index in [1.54, 1.807) is 12.4 Å². The number of pyridine rings is 2. The average molecular weight is 320 g/mol. The molecule has 0 unspecified atom stereocenters. The molecule has 0 atom stereocenters. The Morgan fingerprint density at radius 2 is 2.00 bits per heavy atom. The van der Waals surface area contributed by atoms with Crippen molar-refractivity contribution < 1.29 is 4.74 Å². The Balaban J connectivity index is 1.59. The van der Waals surface area contributed by atoms with E-state index >= 15 is 0 Å². The van der Waals surface area contributed by atoms with Crippen LogP contribution in [0.15, 0.2) is 48.9 Å². The second-order valence-electron chi connectivity index (χ2n) is 5.34. The van der Waals surface area contributed by atoms with Crippen molar-refractivity contribution in [2.75, 3.05) is 0 Å². The van der Waals surface area contributed by atoms with Crippen LogP contribution in [0.1, 0.15) is 6.92 Å². The summed E-state index contributed by atoms with van der Waals surface area (Å²) in [5, 5.41) is 4.44. The highest BCUT2D eigenvalue weighted by molar-refractivity contribution is 5.71. The molecular formula is C17H16N6O. The van der Waals surface area contributed by atoms with E-state index in [9.17, 15) is 0 Å². The molecule has 0 radical (unpaired) electrons. The SMILES string of the molecule is CCn1ccc(-c2ccc(Oc3nc4cccnc4n3C)cn2)n1. The first-order valence-corrected chi connectivity index (χ1v) is 7.70. The molecule has 0 fully saturated rings. The van der Waals surface area contributed by atoms with Crippen LogP contribution in [0.25, 0.3) is 22.6 Å². The number of hydrogen-bond acceptors (Lipinski definition) is 5. The van der Waals surface area contributed by atoms with Gasteiger partial charge in [-0.1, -0.05) is 0 Å². The van der Waals surface area contributed by atoms with Gasteiger partial charge in [0, 0.05) is 26.0 Å². The van der Waals surface area contributed by atoms with Gasteiger partial charge in [0.2, 0.25) is 0 Å². The fourth-order valence-corrected chi connectivity index (χ4v) is 2.47. The Bertz CT molecular complexity index is 986. The van der Waals surface area contributed by atoms with Crippen LogP contribution in [-0.4, -0.2) is 29.3 Å². The summed E-state index contributed by atoms with van der Waals surface area (Å²) in [7, 11) is 1.87. The van der Waals surface area contributed by atoms with Crippen molar-refractivity contribution in [1.29, 1.82) is 0 Å². The highest BCUT2D eigenvalue weighted by Gasteiger charge is 2.11. The van der Waals surface area contributed by atoms with Gasteiger partial charge in [-0.15, -0.1) is 0 Å². The molecule has 120 valence electrons. The van der Waals surface area contributed by atoms with Gasteiger partial charge in [-0.25, -0.2) is 4.98 Å². The molecule has 0 aliphatic heterocycles. The first kappa shape index (κ1) is 14.4. The summed E-state index contributed by atoms with van der Waals surface area (Å²) in [6.07, 6.45) is 5.35. The topological polar surface area (TPSA) is 70.7 Å². The van der Waals surface area contributed by atoms with Crippen LogP contribution < -0.4 is 4.74 Å². The Labute approximate surface area is 138 Å². The molecule has 0 spiro atoms. The summed E-state index contributed by atoms with van der Waals surface area (Å²) in [5.41, 5.74) is 3.23. The molecule has 7 nitrogen and oxygen atoms in total. The first-order chi connectivity index (χ1) is 11.7. The minimum Gasteiger partial charge on any atom is -0.424 e. The second-order valence-corrected chi connectivity index (χ2v) is 5.34. The number of ether oxygens (including phenoxy) is 1. The van der Waals surface area contributed by atoms with Crippen LogP contribution in [0.2, 0.25) is 0 Å². The van der Waals surface area contributed by atoms with Crippen molar-refractivity contribution in [2.24, 2.45) is 7.05 Å². The minimum absolute atomic E-state index is 0.480. The van der Waals surface area contributed by atoms with Gasteiger partial charge in [-0.05, 0) is 37.3 Å². The van der Waals surface area contributed by atoms with E-state index in [1.165, 1.54) is 0 Å². The van der Waals surface area contributed by atoms with Crippen LogP contribution in [0.4, 0.5) is 0 Å². The lowest BCUT2D eigenvalue weighted by molar-refractivity contribution is 0.425. The van der Waals surface area contributed by atoms with Crippen LogP contribution in [0.3, 0.4) is 0 Å². The van der Waals surface area contributed by atoms with Gasteiger partial charge in [0.05, 0.1) is 11.9 Å². The third kappa shape index (κ3) is 2.50. The second kappa shape index (κ2) is 5.77. The van der Waals surface area contributed by atoms with Gasteiger partial charge < -0.3 is 4.74 Å². The van der Waals surface area contributed by atoms with Crippen molar-refractivity contribution in [3.63, 3.8) is 0 Å². The molecule has 24 heavy (non-hydrogen) atoms. The van der Waals surface area contributed by atoms with E-state index in [2.05, 4.69) is 20.1 Å². The fourth-order valence-electron chi connectivity index (χ4n) is 2.47. The van der Waals surface area contributed by atoms with Crippen LogP contribution in [0.5, 0.6) is 11.8 Å². The monoisotopic (exact) mass is 320 g/mol. The lowest BCUT2D eigenvalue weighted by Crippen LogP contribution is -1.96. The van der Waals surface area contributed by atoms with Crippen molar-refractivity contribution in [2.45, 2.75) is 13.5 Å². The molecule has 0 aromatic carbocycles. The summed E-state index contributed by atoms with van der Waals surface area (Å²) in [6, 6.07) is 9.93. The lowest BCUT2D eigenvalue weighted by Gasteiger charge is -2.05. The summed E-state index contributed by atoms with van der Waals surface area (Å²) in [6.45, 7) is 2.88. The third-order valence-corrected chi connectivity index (χ3v) is 3.76. The zero-order valence-corrected chi connectivity index (χ0v) is 13.4. The number of rotatable bonds is 4. The fraction of sp³-hybridized carbons (Fsp3) is 0.176. The number of aryl methyl sites for hydroxylation is 2. The number of aromatic nitrogens is 6. The van der Waals surface area contributed by atoms with Gasteiger partial charge >= 0.3 is 6.01 Å². The molecular weight excluding hydrogens is 304 g/mol. The maximum absolute atomic E-state index is 5.84. The minimum atomic E-state index is 0.480. The number of imidazole rings is 1. The Kier molecular flexibility index (Phi) is 3.45. The van der Waals surface area contributed by atoms with Crippen molar-refractivity contribution in [1.82, 2.24) is 29.3 Å². The Morgan fingerprint density at radius 1 is 1.08 bits per heavy atom. The van der Waals surface area contributed by atoms with E-state index in [0.717, 1.165) is 29.1 Å². The van der Waals surface area contributed by atoms with Gasteiger partial charge in [0.25, 0.3) is 0 Å². The summed E-state index contributed by atoms with van der Waals surface area (Å²) < 4.78 is 9.52. The molecule has 0 saturated carbocycles. The third-order valence-electron chi connectivity index (χ3n) is 3.76. The normalized spacial score (nSPS) is 11.1. The molecule has 4 aromatic rings. The number of nitrogens with zero attached hydrogens (tertiary/aromatic N) is 6. The molecule has 0 amide bonds. The van der Waals surface area contributed by atoms with Gasteiger partial charge in [-0.3, -0.25) is 14.2 Å². The van der Waals surface area contributed by atoms with Crippen molar-refractivity contribution >= 4 is 11.2 Å². The number of fused-ring (bicyclic) bond motifs is 1. The summed E-state index contributed by atoms with van der Waals surface area (Å²) in [4.78, 5) is 13.2. The van der Waals surface area contributed by atoms with Crippen molar-refractivity contribution in [3.05, 3.63) is 48.9 Å². The Morgan fingerprint density at radius 3 is 2.71 bits per heavy atom. The molecule has 0 aliphatic rings. The van der Waals surface area contributed by atoms with E-state index in [4.69, 9.17) is 4.74 Å². The quantitative estimate of drug-likeness (QED) is 0.578. The largest absolute Gasteiger partial charge is 0.424 e. The highest BCUT2D eigenvalue weighted by atomic mass is 16.5. The molecule has 4 heterocycles. The van der Waals surface area contributed by atoms with Crippen LogP contribution in [-0.2, 0) is 13.6 Å². The zero-order chi connectivity index (χ0) is 16.5. The molecule has 4 rings (SSSR count).